The fourth-order valence-corrected chi connectivity index (χ4v) is 1.94. The molecule has 1 N–H and O–H groups in total. The number of halogens is 1. The molecule has 2 rings (SSSR count). The third kappa shape index (κ3) is 3.76. The van der Waals surface area contributed by atoms with E-state index < -0.39 is 16.6 Å². The number of hydrazone groups is 1. The zero-order chi connectivity index (χ0) is 17.0. The number of amides is 1. The van der Waals surface area contributed by atoms with E-state index in [-0.39, 0.29) is 11.3 Å². The first kappa shape index (κ1) is 16.3. The zero-order valence-corrected chi connectivity index (χ0v) is 12.5. The summed E-state index contributed by atoms with van der Waals surface area (Å²) in [4.78, 5) is 22.3. The fourth-order valence-electron chi connectivity index (χ4n) is 1.94. The number of nitro benzene ring substituents is 1. The van der Waals surface area contributed by atoms with Gasteiger partial charge in [0.1, 0.15) is 5.82 Å². The summed E-state index contributed by atoms with van der Waals surface area (Å²) in [6.07, 6.45) is 0. The van der Waals surface area contributed by atoms with Crippen LogP contribution in [0, 0.1) is 22.9 Å². The van der Waals surface area contributed by atoms with Gasteiger partial charge in [-0.15, -0.1) is 0 Å². The van der Waals surface area contributed by atoms with Gasteiger partial charge in [-0.2, -0.15) is 5.10 Å². The first-order valence-electron chi connectivity index (χ1n) is 6.74. The van der Waals surface area contributed by atoms with E-state index >= 15 is 0 Å². The molecule has 2 aromatic carbocycles. The van der Waals surface area contributed by atoms with Crippen LogP contribution >= 0.6 is 0 Å². The maximum atomic E-state index is 13.5. The van der Waals surface area contributed by atoms with E-state index in [2.05, 4.69) is 10.5 Å². The highest BCUT2D eigenvalue weighted by Crippen LogP contribution is 2.19. The first-order valence-corrected chi connectivity index (χ1v) is 6.74. The van der Waals surface area contributed by atoms with Crippen LogP contribution in [0.2, 0.25) is 0 Å². The molecule has 0 saturated carbocycles. The van der Waals surface area contributed by atoms with Crippen molar-refractivity contribution in [2.45, 2.75) is 13.8 Å². The quantitative estimate of drug-likeness (QED) is 0.534. The number of rotatable bonds is 4. The van der Waals surface area contributed by atoms with E-state index in [4.69, 9.17) is 0 Å². The monoisotopic (exact) mass is 315 g/mol. The van der Waals surface area contributed by atoms with E-state index in [0.717, 1.165) is 0 Å². The minimum absolute atomic E-state index is 0.0301. The lowest BCUT2D eigenvalue weighted by atomic mass is 10.1. The molecule has 0 aliphatic rings. The molecular weight excluding hydrogens is 301 g/mol. The lowest BCUT2D eigenvalue weighted by molar-refractivity contribution is -0.385. The standard InChI is InChI=1S/C16H14FN3O3/c1-10-7-8-12(9-15(10)20(22)23)11(2)18-19-16(21)13-5-3-4-6-14(13)17/h3-9H,1-2H3,(H,19,21)/b18-11+. The maximum Gasteiger partial charge on any atom is 0.274 e. The van der Waals surface area contributed by atoms with Gasteiger partial charge in [-0.3, -0.25) is 14.9 Å². The molecule has 23 heavy (non-hydrogen) atoms. The van der Waals surface area contributed by atoms with Crippen LogP contribution in [0.4, 0.5) is 10.1 Å². The van der Waals surface area contributed by atoms with Crippen LogP contribution in [0.3, 0.4) is 0 Å². The van der Waals surface area contributed by atoms with Crippen molar-refractivity contribution in [3.63, 3.8) is 0 Å². The number of nitro groups is 1. The van der Waals surface area contributed by atoms with Gasteiger partial charge in [0.05, 0.1) is 16.2 Å². The molecule has 6 nitrogen and oxygen atoms in total. The topological polar surface area (TPSA) is 84.6 Å². The molecular formula is C16H14FN3O3. The summed E-state index contributed by atoms with van der Waals surface area (Å²) >= 11 is 0. The normalized spacial score (nSPS) is 11.2. The van der Waals surface area contributed by atoms with Crippen molar-refractivity contribution in [1.82, 2.24) is 5.43 Å². The zero-order valence-electron chi connectivity index (χ0n) is 12.5. The molecule has 7 heteroatoms. The second kappa shape index (κ2) is 6.78. The molecule has 0 heterocycles. The van der Waals surface area contributed by atoms with Crippen molar-refractivity contribution in [1.29, 1.82) is 0 Å². The molecule has 1 amide bonds. The molecule has 0 aromatic heterocycles. The lowest BCUT2D eigenvalue weighted by Crippen LogP contribution is -2.20. The Bertz CT molecular complexity index is 803. The summed E-state index contributed by atoms with van der Waals surface area (Å²) in [6, 6.07) is 10.2. The van der Waals surface area contributed by atoms with Gasteiger partial charge in [-0.05, 0) is 26.0 Å². The lowest BCUT2D eigenvalue weighted by Gasteiger charge is -2.05. The SMILES string of the molecule is C/C(=N\NC(=O)c1ccccc1F)c1ccc(C)c([N+](=O)[O-])c1. The number of carbonyl (C=O) groups is 1. The Hall–Kier alpha value is -3.09. The van der Waals surface area contributed by atoms with Gasteiger partial charge in [-0.25, -0.2) is 9.82 Å². The van der Waals surface area contributed by atoms with Crippen LogP contribution < -0.4 is 5.43 Å². The Balaban J connectivity index is 2.21. The van der Waals surface area contributed by atoms with Gasteiger partial charge < -0.3 is 0 Å². The number of nitrogens with one attached hydrogen (secondary N) is 1. The van der Waals surface area contributed by atoms with Gasteiger partial charge in [-0.1, -0.05) is 24.3 Å². The summed E-state index contributed by atoms with van der Waals surface area (Å²) < 4.78 is 13.5. The van der Waals surface area contributed by atoms with Gasteiger partial charge >= 0.3 is 0 Å². The summed E-state index contributed by atoms with van der Waals surface area (Å²) in [6.45, 7) is 3.23. The Labute approximate surface area is 131 Å². The summed E-state index contributed by atoms with van der Waals surface area (Å²) in [5.74, 6) is -1.34. The number of benzene rings is 2. The molecule has 0 bridgehead atoms. The average molecular weight is 315 g/mol. The van der Waals surface area contributed by atoms with E-state index in [1.165, 1.54) is 30.3 Å². The number of carbonyl (C=O) groups excluding carboxylic acids is 1. The molecule has 0 aliphatic carbocycles. The predicted molar refractivity (Wildman–Crippen MR) is 83.9 cm³/mol. The van der Waals surface area contributed by atoms with Crippen molar-refractivity contribution >= 4 is 17.3 Å². The molecule has 0 unspecified atom stereocenters. The van der Waals surface area contributed by atoms with E-state index in [1.807, 2.05) is 0 Å². The van der Waals surface area contributed by atoms with Crippen LogP contribution in [-0.4, -0.2) is 16.5 Å². The molecule has 0 atom stereocenters. The molecule has 0 fully saturated rings. The van der Waals surface area contributed by atoms with E-state index in [1.54, 1.807) is 26.0 Å². The van der Waals surface area contributed by atoms with Gasteiger partial charge in [0, 0.05) is 17.2 Å². The summed E-state index contributed by atoms with van der Waals surface area (Å²) in [5, 5.41) is 14.8. The predicted octanol–water partition coefficient (Wildman–Crippen LogP) is 3.20. The Morgan fingerprint density at radius 2 is 1.96 bits per heavy atom. The van der Waals surface area contributed by atoms with Crippen LogP contribution in [0.1, 0.15) is 28.4 Å². The Morgan fingerprint density at radius 3 is 2.61 bits per heavy atom. The maximum absolute atomic E-state index is 13.5. The molecule has 0 radical (unpaired) electrons. The Kier molecular flexibility index (Phi) is 4.80. The second-order valence-corrected chi connectivity index (χ2v) is 4.88. The number of aryl methyl sites for hydroxylation is 1. The second-order valence-electron chi connectivity index (χ2n) is 4.88. The molecule has 118 valence electrons. The molecule has 0 aliphatic heterocycles. The van der Waals surface area contributed by atoms with Crippen molar-refractivity contribution < 1.29 is 14.1 Å². The highest BCUT2D eigenvalue weighted by molar-refractivity contribution is 6.01. The third-order valence-electron chi connectivity index (χ3n) is 3.27. The number of hydrogen-bond acceptors (Lipinski definition) is 4. The van der Waals surface area contributed by atoms with Crippen LogP contribution in [0.25, 0.3) is 0 Å². The minimum atomic E-state index is -0.691. The third-order valence-corrected chi connectivity index (χ3v) is 3.27. The highest BCUT2D eigenvalue weighted by atomic mass is 19.1. The number of hydrogen-bond donors (Lipinski definition) is 1. The van der Waals surface area contributed by atoms with Crippen LogP contribution in [-0.2, 0) is 0 Å². The smallest absolute Gasteiger partial charge is 0.267 e. The van der Waals surface area contributed by atoms with Gasteiger partial charge in [0.2, 0.25) is 0 Å². The van der Waals surface area contributed by atoms with Gasteiger partial charge in [0.15, 0.2) is 0 Å². The minimum Gasteiger partial charge on any atom is -0.267 e. The summed E-state index contributed by atoms with van der Waals surface area (Å²) in [7, 11) is 0. The van der Waals surface area contributed by atoms with Crippen LogP contribution in [0.15, 0.2) is 47.6 Å². The molecule has 2 aromatic rings. The van der Waals surface area contributed by atoms with E-state index in [0.29, 0.717) is 16.8 Å². The summed E-state index contributed by atoms with van der Waals surface area (Å²) in [5.41, 5.74) is 3.48. The van der Waals surface area contributed by atoms with Crippen LogP contribution in [0.5, 0.6) is 0 Å². The van der Waals surface area contributed by atoms with Crippen molar-refractivity contribution in [2.24, 2.45) is 5.10 Å². The molecule has 0 spiro atoms. The van der Waals surface area contributed by atoms with Crippen molar-refractivity contribution in [3.05, 3.63) is 75.1 Å². The van der Waals surface area contributed by atoms with Crippen molar-refractivity contribution in [2.75, 3.05) is 0 Å². The fraction of sp³-hybridized carbons (Fsp3) is 0.125. The Morgan fingerprint density at radius 1 is 1.26 bits per heavy atom. The first-order chi connectivity index (χ1) is 10.9. The van der Waals surface area contributed by atoms with E-state index in [9.17, 15) is 19.3 Å². The molecule has 0 saturated heterocycles. The number of nitrogens with zero attached hydrogens (tertiary/aromatic N) is 2. The largest absolute Gasteiger partial charge is 0.274 e. The van der Waals surface area contributed by atoms with Gasteiger partial charge in [0.25, 0.3) is 11.6 Å². The van der Waals surface area contributed by atoms with Crippen molar-refractivity contribution in [3.8, 4) is 0 Å². The average Bonchev–Trinajstić information content (AvgIpc) is 2.52. The highest BCUT2D eigenvalue weighted by Gasteiger charge is 2.13.